The smallest absolute Gasteiger partial charge is 0.214 e. The topological polar surface area (TPSA) is 8.81 Å². The second kappa shape index (κ2) is 5.93. The molecule has 0 fully saturated rings. The predicted molar refractivity (Wildman–Crippen MR) is 119 cm³/mol. The van der Waals surface area contributed by atoms with Gasteiger partial charge in [-0.05, 0) is 55.2 Å². The fourth-order valence-corrected chi connectivity index (χ4v) is 4.37. The highest BCUT2D eigenvalue weighted by Gasteiger charge is 2.19. The molecule has 0 N–H and O–H groups in total. The van der Waals surface area contributed by atoms with Crippen LogP contribution in [0.15, 0.2) is 60.8 Å². The van der Waals surface area contributed by atoms with Crippen molar-refractivity contribution in [2.24, 2.45) is 14.1 Å². The molecule has 0 aliphatic heterocycles. The summed E-state index contributed by atoms with van der Waals surface area (Å²) in [4.78, 5) is 0. The fourth-order valence-electron chi connectivity index (χ4n) is 4.37. The number of aromatic nitrogens is 2. The minimum absolute atomic E-state index is 0.379. The minimum atomic E-state index is -2.09. The molecule has 2 heterocycles. The number of aryl methyl sites for hydroxylation is 5. The van der Waals surface area contributed by atoms with Crippen molar-refractivity contribution in [3.05, 3.63) is 77.5 Å². The molecule has 0 aliphatic carbocycles. The largest absolute Gasteiger partial charge is 0.343 e. The van der Waals surface area contributed by atoms with Crippen LogP contribution in [0.25, 0.3) is 43.8 Å². The number of rotatable bonds is 1. The summed E-state index contributed by atoms with van der Waals surface area (Å²) < 4.78 is 27.4. The van der Waals surface area contributed by atoms with Crippen LogP contribution < -0.4 is 4.57 Å². The molecule has 0 saturated carbocycles. The number of benzene rings is 3. The average molecular weight is 369 g/mol. The van der Waals surface area contributed by atoms with Crippen LogP contribution in [0, 0.1) is 20.7 Å². The van der Waals surface area contributed by atoms with Gasteiger partial charge in [-0.1, -0.05) is 41.5 Å². The van der Waals surface area contributed by atoms with Gasteiger partial charge in [0.2, 0.25) is 5.69 Å². The van der Waals surface area contributed by atoms with Gasteiger partial charge >= 0.3 is 0 Å². The summed E-state index contributed by atoms with van der Waals surface area (Å²) in [6, 6.07) is 18.8. The molecule has 0 unspecified atom stereocenters. The van der Waals surface area contributed by atoms with Gasteiger partial charge in [0.05, 0.1) is 10.9 Å². The van der Waals surface area contributed by atoms with Gasteiger partial charge in [0.25, 0.3) is 0 Å². The third-order valence-corrected chi connectivity index (χ3v) is 5.88. The van der Waals surface area contributed by atoms with Crippen molar-refractivity contribution >= 4 is 32.6 Å². The molecule has 0 radical (unpaired) electrons. The molecule has 28 heavy (non-hydrogen) atoms. The van der Waals surface area contributed by atoms with Gasteiger partial charge in [-0.2, -0.15) is 0 Å². The second-order valence-electron chi connectivity index (χ2n) is 7.88. The lowest BCUT2D eigenvalue weighted by atomic mass is 10.0. The maximum absolute atomic E-state index is 7.68. The highest BCUT2D eigenvalue weighted by Crippen LogP contribution is 2.33. The molecular formula is C26H25N2+. The Kier molecular flexibility index (Phi) is 2.96. The standard InChI is InChI=1S/C26H25N2/c1-16-7-9-21(18(3)10-16)24-14-26-23(15-27(24)4)22-12-19-8-6-17(2)11-20(19)13-25(22)28(26)5/h6-15H,1-5H3/q+1/i1D3. The first-order chi connectivity index (χ1) is 14.6. The molecule has 5 rings (SSSR count). The zero-order valence-corrected chi connectivity index (χ0v) is 16.7. The van der Waals surface area contributed by atoms with E-state index in [2.05, 4.69) is 72.7 Å². The van der Waals surface area contributed by atoms with E-state index < -0.39 is 6.85 Å². The van der Waals surface area contributed by atoms with E-state index in [-0.39, 0.29) is 0 Å². The van der Waals surface area contributed by atoms with Crippen LogP contribution in [-0.2, 0) is 14.1 Å². The molecule has 0 aliphatic rings. The van der Waals surface area contributed by atoms with Crippen molar-refractivity contribution < 1.29 is 8.68 Å². The summed E-state index contributed by atoms with van der Waals surface area (Å²) in [5.41, 5.74) is 7.08. The Bertz CT molecular complexity index is 1510. The van der Waals surface area contributed by atoms with E-state index in [9.17, 15) is 0 Å². The Morgan fingerprint density at radius 2 is 1.61 bits per heavy atom. The Morgan fingerprint density at radius 3 is 2.39 bits per heavy atom. The van der Waals surface area contributed by atoms with E-state index >= 15 is 0 Å². The van der Waals surface area contributed by atoms with Crippen LogP contribution in [0.1, 0.15) is 20.8 Å². The van der Waals surface area contributed by atoms with E-state index in [0.717, 1.165) is 22.3 Å². The Morgan fingerprint density at radius 1 is 0.821 bits per heavy atom. The van der Waals surface area contributed by atoms with Crippen molar-refractivity contribution in [3.63, 3.8) is 0 Å². The van der Waals surface area contributed by atoms with Crippen molar-refractivity contribution in [2.75, 3.05) is 0 Å². The number of fused-ring (bicyclic) bond motifs is 4. The van der Waals surface area contributed by atoms with Crippen LogP contribution in [0.4, 0.5) is 0 Å². The first-order valence-corrected chi connectivity index (χ1v) is 9.57. The summed E-state index contributed by atoms with van der Waals surface area (Å²) in [7, 11) is 4.16. The van der Waals surface area contributed by atoms with Crippen molar-refractivity contribution in [1.29, 1.82) is 0 Å². The van der Waals surface area contributed by atoms with Crippen LogP contribution in [0.5, 0.6) is 0 Å². The molecule has 0 spiro atoms. The summed E-state index contributed by atoms with van der Waals surface area (Å²) in [6.45, 7) is 2.01. The molecule has 0 amide bonds. The molecule has 3 aromatic carbocycles. The van der Waals surface area contributed by atoms with Crippen molar-refractivity contribution in [1.82, 2.24) is 4.57 Å². The summed E-state index contributed by atoms with van der Waals surface area (Å²) in [5.74, 6) is 0. The molecule has 138 valence electrons. The molecule has 0 bridgehead atoms. The van der Waals surface area contributed by atoms with Gasteiger partial charge in [-0.3, -0.25) is 0 Å². The molecule has 0 atom stereocenters. The lowest BCUT2D eigenvalue weighted by Gasteiger charge is -2.06. The molecule has 2 aromatic heterocycles. The third-order valence-electron chi connectivity index (χ3n) is 5.88. The zero-order chi connectivity index (χ0) is 22.1. The first-order valence-electron chi connectivity index (χ1n) is 11.1. The van der Waals surface area contributed by atoms with Gasteiger partial charge in [-0.15, -0.1) is 0 Å². The zero-order valence-electron chi connectivity index (χ0n) is 19.7. The predicted octanol–water partition coefficient (Wildman–Crippen LogP) is 5.90. The number of nitrogens with zero attached hydrogens (tertiary/aromatic N) is 2. The maximum Gasteiger partial charge on any atom is 0.214 e. The SMILES string of the molecule is [2H]C([2H])([2H])c1ccc(-c2cc3c(c[n+]2C)c2cc4ccc(C)cc4cc2n3C)c(C)c1. The van der Waals surface area contributed by atoms with Gasteiger partial charge in [0, 0.05) is 33.7 Å². The maximum atomic E-state index is 7.68. The van der Waals surface area contributed by atoms with E-state index in [4.69, 9.17) is 4.11 Å². The molecule has 2 heteroatoms. The van der Waals surface area contributed by atoms with Crippen LogP contribution in [0.2, 0.25) is 0 Å². The normalized spacial score (nSPS) is 13.8. The molecular weight excluding hydrogens is 340 g/mol. The molecule has 5 aromatic rings. The first kappa shape index (κ1) is 14.0. The lowest BCUT2D eigenvalue weighted by Crippen LogP contribution is -2.30. The number of hydrogen-bond acceptors (Lipinski definition) is 0. The van der Waals surface area contributed by atoms with E-state index in [1.54, 1.807) is 12.1 Å². The van der Waals surface area contributed by atoms with Crippen LogP contribution >= 0.6 is 0 Å². The van der Waals surface area contributed by atoms with E-state index in [1.807, 2.05) is 13.0 Å². The second-order valence-corrected chi connectivity index (χ2v) is 7.88. The van der Waals surface area contributed by atoms with Crippen molar-refractivity contribution in [2.45, 2.75) is 20.7 Å². The Hall–Kier alpha value is -3.13. The van der Waals surface area contributed by atoms with Crippen LogP contribution in [-0.4, -0.2) is 4.57 Å². The van der Waals surface area contributed by atoms with E-state index in [1.165, 1.54) is 32.6 Å². The minimum Gasteiger partial charge on any atom is -0.343 e. The molecule has 2 nitrogen and oxygen atoms in total. The number of hydrogen-bond donors (Lipinski definition) is 0. The van der Waals surface area contributed by atoms with Gasteiger partial charge in [0.15, 0.2) is 6.20 Å². The monoisotopic (exact) mass is 368 g/mol. The quantitative estimate of drug-likeness (QED) is 0.326. The van der Waals surface area contributed by atoms with Gasteiger partial charge < -0.3 is 4.57 Å². The highest BCUT2D eigenvalue weighted by atomic mass is 15.0. The fraction of sp³-hybridized carbons (Fsp3) is 0.192. The highest BCUT2D eigenvalue weighted by molar-refractivity contribution is 6.12. The molecule has 0 saturated heterocycles. The lowest BCUT2D eigenvalue weighted by molar-refractivity contribution is -0.659. The summed E-state index contributed by atoms with van der Waals surface area (Å²) in [5, 5.41) is 4.95. The third kappa shape index (κ3) is 2.45. The Balaban J connectivity index is 1.77. The summed E-state index contributed by atoms with van der Waals surface area (Å²) in [6.07, 6.45) is 2.18. The Labute approximate surface area is 169 Å². The summed E-state index contributed by atoms with van der Waals surface area (Å²) >= 11 is 0. The number of pyridine rings is 1. The van der Waals surface area contributed by atoms with Gasteiger partial charge in [-0.25, -0.2) is 4.57 Å². The van der Waals surface area contributed by atoms with E-state index in [0.29, 0.717) is 5.56 Å². The average Bonchev–Trinajstić information content (AvgIpc) is 2.96. The van der Waals surface area contributed by atoms with Crippen LogP contribution in [0.3, 0.4) is 0 Å². The van der Waals surface area contributed by atoms with Gasteiger partial charge in [0.1, 0.15) is 7.05 Å². The van der Waals surface area contributed by atoms with Crippen molar-refractivity contribution in [3.8, 4) is 11.3 Å².